The van der Waals surface area contributed by atoms with Gasteiger partial charge in [-0.15, -0.1) is 0 Å². The fraction of sp³-hybridized carbons (Fsp3) is 0.667. The first-order valence-electron chi connectivity index (χ1n) is 6.67. The first-order valence-corrected chi connectivity index (χ1v) is 6.67. The summed E-state index contributed by atoms with van der Waals surface area (Å²) in [6.45, 7) is 6.32. The smallest absolute Gasteiger partial charge is 0.331 e. The van der Waals surface area contributed by atoms with Crippen molar-refractivity contribution in [1.29, 1.82) is 0 Å². The predicted molar refractivity (Wildman–Crippen MR) is 72.3 cm³/mol. The lowest BCUT2D eigenvalue weighted by molar-refractivity contribution is -0.133. The number of carboxylic acid groups (broad SMARTS) is 1. The van der Waals surface area contributed by atoms with Crippen LogP contribution >= 0.6 is 0 Å². The molecule has 2 N–H and O–H groups in total. The normalized spacial score (nSPS) is 25.2. The molecule has 0 radical (unpaired) electrons. The Labute approximate surface area is 109 Å². The van der Waals surface area contributed by atoms with E-state index in [1.165, 1.54) is 11.6 Å². The van der Waals surface area contributed by atoms with E-state index in [4.69, 9.17) is 5.11 Å². The minimum absolute atomic E-state index is 0.193. The summed E-state index contributed by atoms with van der Waals surface area (Å²) in [5, 5.41) is 18.9. The Morgan fingerprint density at radius 3 is 2.72 bits per heavy atom. The SMILES string of the molecule is CC(C)=CCCC(C)C1CCC(C(=O)O)=CC1O. The van der Waals surface area contributed by atoms with E-state index in [-0.39, 0.29) is 5.92 Å². The number of rotatable bonds is 5. The first-order chi connectivity index (χ1) is 8.41. The second-order valence-electron chi connectivity index (χ2n) is 5.53. The summed E-state index contributed by atoms with van der Waals surface area (Å²) in [5.74, 6) is -0.287. The van der Waals surface area contributed by atoms with Gasteiger partial charge in [-0.25, -0.2) is 4.79 Å². The third kappa shape index (κ3) is 4.30. The molecule has 1 rings (SSSR count). The number of carbonyl (C=O) groups is 1. The van der Waals surface area contributed by atoms with Crippen molar-refractivity contribution < 1.29 is 15.0 Å². The van der Waals surface area contributed by atoms with Gasteiger partial charge in [0.25, 0.3) is 0 Å². The maximum Gasteiger partial charge on any atom is 0.331 e. The molecule has 0 aromatic rings. The van der Waals surface area contributed by atoms with E-state index < -0.39 is 12.1 Å². The molecule has 0 spiro atoms. The minimum Gasteiger partial charge on any atom is -0.478 e. The van der Waals surface area contributed by atoms with Gasteiger partial charge in [-0.3, -0.25) is 0 Å². The van der Waals surface area contributed by atoms with Crippen LogP contribution in [-0.2, 0) is 4.79 Å². The third-order valence-corrected chi connectivity index (χ3v) is 3.74. The molecule has 3 atom stereocenters. The van der Waals surface area contributed by atoms with Gasteiger partial charge in [-0.05, 0) is 57.4 Å². The monoisotopic (exact) mass is 252 g/mol. The van der Waals surface area contributed by atoms with E-state index in [1.807, 2.05) is 0 Å². The summed E-state index contributed by atoms with van der Waals surface area (Å²) in [4.78, 5) is 10.8. The maximum atomic E-state index is 10.8. The molecule has 3 nitrogen and oxygen atoms in total. The second-order valence-corrected chi connectivity index (χ2v) is 5.53. The van der Waals surface area contributed by atoms with Gasteiger partial charge in [0.15, 0.2) is 0 Å². The van der Waals surface area contributed by atoms with Crippen LogP contribution < -0.4 is 0 Å². The number of hydrogen-bond acceptors (Lipinski definition) is 2. The molecule has 3 heteroatoms. The Bertz CT molecular complexity index is 351. The lowest BCUT2D eigenvalue weighted by Crippen LogP contribution is -2.29. The molecule has 3 unspecified atom stereocenters. The number of aliphatic hydroxyl groups is 1. The van der Waals surface area contributed by atoms with Crippen LogP contribution in [0.1, 0.15) is 46.5 Å². The Balaban J connectivity index is 2.53. The molecule has 0 saturated carbocycles. The van der Waals surface area contributed by atoms with E-state index in [2.05, 4.69) is 26.8 Å². The molecule has 0 aromatic heterocycles. The van der Waals surface area contributed by atoms with Crippen molar-refractivity contribution in [3.8, 4) is 0 Å². The topological polar surface area (TPSA) is 57.5 Å². The summed E-state index contributed by atoms with van der Waals surface area (Å²) in [6, 6.07) is 0. The maximum absolute atomic E-state index is 10.8. The lowest BCUT2D eigenvalue weighted by Gasteiger charge is -2.30. The van der Waals surface area contributed by atoms with Crippen molar-refractivity contribution in [2.75, 3.05) is 0 Å². The average molecular weight is 252 g/mol. The number of aliphatic carboxylic acids is 1. The molecule has 1 aliphatic carbocycles. The van der Waals surface area contributed by atoms with E-state index in [1.54, 1.807) is 0 Å². The van der Waals surface area contributed by atoms with E-state index in [0.29, 0.717) is 17.9 Å². The molecule has 0 aromatic carbocycles. The Hall–Kier alpha value is -1.09. The van der Waals surface area contributed by atoms with Gasteiger partial charge in [0.05, 0.1) is 6.10 Å². The van der Waals surface area contributed by atoms with Gasteiger partial charge in [-0.1, -0.05) is 18.6 Å². The van der Waals surface area contributed by atoms with Crippen molar-refractivity contribution in [2.24, 2.45) is 11.8 Å². The fourth-order valence-electron chi connectivity index (χ4n) is 2.55. The van der Waals surface area contributed by atoms with Crippen LogP contribution in [0.5, 0.6) is 0 Å². The molecule has 18 heavy (non-hydrogen) atoms. The predicted octanol–water partition coefficient (Wildman–Crippen LogP) is 3.15. The highest BCUT2D eigenvalue weighted by atomic mass is 16.4. The van der Waals surface area contributed by atoms with Crippen molar-refractivity contribution >= 4 is 5.97 Å². The van der Waals surface area contributed by atoms with Crippen LogP contribution in [0, 0.1) is 11.8 Å². The molecular weight excluding hydrogens is 228 g/mol. The highest BCUT2D eigenvalue weighted by Crippen LogP contribution is 2.32. The van der Waals surface area contributed by atoms with Crippen LogP contribution in [0.4, 0.5) is 0 Å². The number of hydrogen-bond donors (Lipinski definition) is 2. The average Bonchev–Trinajstić information content (AvgIpc) is 2.27. The lowest BCUT2D eigenvalue weighted by atomic mass is 9.78. The zero-order chi connectivity index (χ0) is 13.7. The van der Waals surface area contributed by atoms with Gasteiger partial charge >= 0.3 is 5.97 Å². The van der Waals surface area contributed by atoms with E-state index in [9.17, 15) is 9.90 Å². The summed E-state index contributed by atoms with van der Waals surface area (Å²) in [5.41, 5.74) is 1.68. The molecule has 0 aliphatic heterocycles. The molecule has 1 aliphatic rings. The standard InChI is InChI=1S/C15H24O3/c1-10(2)5-4-6-11(3)13-8-7-12(15(17)18)9-14(13)16/h5,9,11,13-14,16H,4,6-8H2,1-3H3,(H,17,18). The van der Waals surface area contributed by atoms with Gasteiger partial charge in [-0.2, -0.15) is 0 Å². The van der Waals surface area contributed by atoms with Crippen LogP contribution in [0.25, 0.3) is 0 Å². The van der Waals surface area contributed by atoms with Crippen molar-refractivity contribution in [3.05, 3.63) is 23.3 Å². The largest absolute Gasteiger partial charge is 0.478 e. The molecule has 0 heterocycles. The Kier molecular flexibility index (Phi) is 5.60. The van der Waals surface area contributed by atoms with Crippen molar-refractivity contribution in [1.82, 2.24) is 0 Å². The van der Waals surface area contributed by atoms with Gasteiger partial charge in [0.2, 0.25) is 0 Å². The first kappa shape index (κ1) is 15.0. The molecule has 0 fully saturated rings. The Morgan fingerprint density at radius 2 is 2.22 bits per heavy atom. The van der Waals surface area contributed by atoms with Crippen LogP contribution in [0.2, 0.25) is 0 Å². The summed E-state index contributed by atoms with van der Waals surface area (Å²) < 4.78 is 0. The van der Waals surface area contributed by atoms with Crippen LogP contribution in [0.3, 0.4) is 0 Å². The summed E-state index contributed by atoms with van der Waals surface area (Å²) in [6.07, 6.45) is 6.55. The van der Waals surface area contributed by atoms with Crippen LogP contribution in [0.15, 0.2) is 23.3 Å². The number of aliphatic hydroxyl groups excluding tert-OH is 1. The highest BCUT2D eigenvalue weighted by Gasteiger charge is 2.29. The molecule has 0 saturated heterocycles. The van der Waals surface area contributed by atoms with Gasteiger partial charge in [0, 0.05) is 5.57 Å². The van der Waals surface area contributed by atoms with E-state index in [0.717, 1.165) is 19.3 Å². The summed E-state index contributed by atoms with van der Waals surface area (Å²) in [7, 11) is 0. The third-order valence-electron chi connectivity index (χ3n) is 3.74. The molecule has 102 valence electrons. The Morgan fingerprint density at radius 1 is 1.56 bits per heavy atom. The number of carboxylic acids is 1. The van der Waals surface area contributed by atoms with Gasteiger partial charge in [0.1, 0.15) is 0 Å². The fourth-order valence-corrected chi connectivity index (χ4v) is 2.55. The van der Waals surface area contributed by atoms with Crippen molar-refractivity contribution in [2.45, 2.75) is 52.6 Å². The quantitative estimate of drug-likeness (QED) is 0.739. The zero-order valence-electron chi connectivity index (χ0n) is 11.5. The number of allylic oxidation sites excluding steroid dienone is 2. The van der Waals surface area contributed by atoms with Crippen molar-refractivity contribution in [3.63, 3.8) is 0 Å². The molecule has 0 bridgehead atoms. The second kappa shape index (κ2) is 6.74. The summed E-state index contributed by atoms with van der Waals surface area (Å²) >= 11 is 0. The highest BCUT2D eigenvalue weighted by molar-refractivity contribution is 5.86. The molecule has 0 amide bonds. The van der Waals surface area contributed by atoms with E-state index >= 15 is 0 Å². The zero-order valence-corrected chi connectivity index (χ0v) is 11.5. The minimum atomic E-state index is -0.898. The van der Waals surface area contributed by atoms with Gasteiger partial charge < -0.3 is 10.2 Å². The van der Waals surface area contributed by atoms with Crippen LogP contribution in [-0.4, -0.2) is 22.3 Å². The molecular formula is C15H24O3.